The summed E-state index contributed by atoms with van der Waals surface area (Å²) in [5.74, 6) is 0.0415. The molecule has 0 aliphatic carbocycles. The lowest BCUT2D eigenvalue weighted by molar-refractivity contribution is -0.147. The van der Waals surface area contributed by atoms with E-state index in [9.17, 15) is 0 Å². The van der Waals surface area contributed by atoms with Gasteiger partial charge in [0.1, 0.15) is 0 Å². The van der Waals surface area contributed by atoms with Crippen LogP contribution in [0, 0.1) is 5.92 Å². The van der Waals surface area contributed by atoms with Crippen LogP contribution in [0.2, 0.25) is 0 Å². The molecule has 0 radical (unpaired) electrons. The van der Waals surface area contributed by atoms with Gasteiger partial charge >= 0.3 is 0 Å². The molecule has 1 fully saturated rings. The Morgan fingerprint density at radius 2 is 2.00 bits per heavy atom. The minimum Gasteiger partial charge on any atom is -0.396 e. The smallest absolute Gasteiger partial charge is 0.165 e. The van der Waals surface area contributed by atoms with Crippen molar-refractivity contribution in [2.24, 2.45) is 5.92 Å². The standard InChI is InChI=1S/C10H20O3/c1-9(8-11)4-3-5-10(2)12-6-7-13-10/h9,11H,3-8H2,1-2H3. The van der Waals surface area contributed by atoms with Gasteiger partial charge in [0, 0.05) is 13.0 Å². The van der Waals surface area contributed by atoms with E-state index >= 15 is 0 Å². The number of hydrogen-bond donors (Lipinski definition) is 1. The molecule has 1 rings (SSSR count). The van der Waals surface area contributed by atoms with Crippen molar-refractivity contribution in [1.82, 2.24) is 0 Å². The van der Waals surface area contributed by atoms with Gasteiger partial charge in [-0.15, -0.1) is 0 Å². The van der Waals surface area contributed by atoms with Crippen LogP contribution in [0.5, 0.6) is 0 Å². The maximum atomic E-state index is 8.83. The van der Waals surface area contributed by atoms with Crippen molar-refractivity contribution in [3.63, 3.8) is 0 Å². The Morgan fingerprint density at radius 3 is 2.54 bits per heavy atom. The van der Waals surface area contributed by atoms with Crippen LogP contribution in [0.4, 0.5) is 0 Å². The van der Waals surface area contributed by atoms with E-state index in [1.807, 2.05) is 6.92 Å². The van der Waals surface area contributed by atoms with Crippen molar-refractivity contribution in [2.75, 3.05) is 19.8 Å². The van der Waals surface area contributed by atoms with Gasteiger partial charge in [-0.25, -0.2) is 0 Å². The van der Waals surface area contributed by atoms with E-state index in [0.717, 1.165) is 19.3 Å². The first-order valence-electron chi connectivity index (χ1n) is 5.05. The van der Waals surface area contributed by atoms with E-state index in [4.69, 9.17) is 14.6 Å². The number of rotatable bonds is 5. The Morgan fingerprint density at radius 1 is 1.38 bits per heavy atom. The summed E-state index contributed by atoms with van der Waals surface area (Å²) >= 11 is 0. The molecule has 0 spiro atoms. The second kappa shape index (κ2) is 4.94. The molecule has 1 aliphatic rings. The predicted octanol–water partition coefficient (Wildman–Crippen LogP) is 1.55. The van der Waals surface area contributed by atoms with Crippen LogP contribution in [0.3, 0.4) is 0 Å². The molecular formula is C10H20O3. The lowest BCUT2D eigenvalue weighted by atomic mass is 10.0. The summed E-state index contributed by atoms with van der Waals surface area (Å²) in [5, 5.41) is 8.83. The molecular weight excluding hydrogens is 168 g/mol. The van der Waals surface area contributed by atoms with E-state index in [1.54, 1.807) is 0 Å². The van der Waals surface area contributed by atoms with Crippen LogP contribution in [-0.2, 0) is 9.47 Å². The fourth-order valence-electron chi connectivity index (χ4n) is 1.56. The van der Waals surface area contributed by atoms with Crippen LogP contribution in [0.1, 0.15) is 33.1 Å². The molecule has 0 amide bonds. The minimum absolute atomic E-state index is 0.276. The third-order valence-electron chi connectivity index (χ3n) is 2.54. The van der Waals surface area contributed by atoms with Crippen LogP contribution in [-0.4, -0.2) is 30.7 Å². The van der Waals surface area contributed by atoms with Crippen molar-refractivity contribution < 1.29 is 14.6 Å². The Balaban J connectivity index is 2.11. The van der Waals surface area contributed by atoms with Crippen molar-refractivity contribution in [3.8, 4) is 0 Å². The number of aliphatic hydroxyl groups is 1. The molecule has 1 aliphatic heterocycles. The number of hydrogen-bond acceptors (Lipinski definition) is 3. The lowest BCUT2D eigenvalue weighted by Crippen LogP contribution is -2.25. The topological polar surface area (TPSA) is 38.7 Å². The zero-order chi connectivity index (χ0) is 9.73. The van der Waals surface area contributed by atoms with Gasteiger partial charge in [-0.05, 0) is 25.7 Å². The van der Waals surface area contributed by atoms with Crippen LogP contribution >= 0.6 is 0 Å². The van der Waals surface area contributed by atoms with Crippen LogP contribution in [0.15, 0.2) is 0 Å². The third kappa shape index (κ3) is 3.63. The molecule has 13 heavy (non-hydrogen) atoms. The van der Waals surface area contributed by atoms with E-state index < -0.39 is 0 Å². The summed E-state index contributed by atoms with van der Waals surface area (Å²) in [6.45, 7) is 5.75. The molecule has 0 aromatic rings. The summed E-state index contributed by atoms with van der Waals surface area (Å²) in [6, 6.07) is 0. The monoisotopic (exact) mass is 188 g/mol. The van der Waals surface area contributed by atoms with Crippen LogP contribution in [0.25, 0.3) is 0 Å². The molecule has 0 aromatic heterocycles. The molecule has 1 saturated heterocycles. The second-order valence-electron chi connectivity index (χ2n) is 4.01. The second-order valence-corrected chi connectivity index (χ2v) is 4.01. The van der Waals surface area contributed by atoms with Crippen LogP contribution < -0.4 is 0 Å². The van der Waals surface area contributed by atoms with E-state index in [-0.39, 0.29) is 12.4 Å². The highest BCUT2D eigenvalue weighted by atomic mass is 16.7. The average Bonchev–Trinajstić information content (AvgIpc) is 2.52. The molecule has 1 heterocycles. The summed E-state index contributed by atoms with van der Waals surface area (Å²) in [7, 11) is 0. The molecule has 1 unspecified atom stereocenters. The van der Waals surface area contributed by atoms with Gasteiger partial charge in [-0.2, -0.15) is 0 Å². The normalized spacial score (nSPS) is 23.3. The highest BCUT2D eigenvalue weighted by Gasteiger charge is 2.29. The van der Waals surface area contributed by atoms with Crippen molar-refractivity contribution in [1.29, 1.82) is 0 Å². The molecule has 1 atom stereocenters. The highest BCUT2D eigenvalue weighted by molar-refractivity contribution is 4.68. The molecule has 0 aromatic carbocycles. The number of aliphatic hydroxyl groups excluding tert-OH is 1. The fourth-order valence-corrected chi connectivity index (χ4v) is 1.56. The first-order chi connectivity index (χ1) is 6.16. The van der Waals surface area contributed by atoms with Gasteiger partial charge in [0.25, 0.3) is 0 Å². The van der Waals surface area contributed by atoms with Gasteiger partial charge in [0.2, 0.25) is 0 Å². The summed E-state index contributed by atoms with van der Waals surface area (Å²) in [6.07, 6.45) is 3.02. The lowest BCUT2D eigenvalue weighted by Gasteiger charge is -2.22. The molecule has 3 nitrogen and oxygen atoms in total. The number of ether oxygens (including phenoxy) is 2. The van der Waals surface area contributed by atoms with Gasteiger partial charge in [-0.3, -0.25) is 0 Å². The Hall–Kier alpha value is -0.120. The zero-order valence-electron chi connectivity index (χ0n) is 8.58. The van der Waals surface area contributed by atoms with E-state index in [1.165, 1.54) is 0 Å². The first kappa shape index (κ1) is 11.0. The quantitative estimate of drug-likeness (QED) is 0.711. The third-order valence-corrected chi connectivity index (χ3v) is 2.54. The Labute approximate surface area is 80.0 Å². The Bertz CT molecular complexity index is 141. The highest BCUT2D eigenvalue weighted by Crippen LogP contribution is 2.25. The van der Waals surface area contributed by atoms with Gasteiger partial charge in [-0.1, -0.05) is 6.92 Å². The van der Waals surface area contributed by atoms with Crippen molar-refractivity contribution >= 4 is 0 Å². The largest absolute Gasteiger partial charge is 0.396 e. The molecule has 1 N–H and O–H groups in total. The molecule has 3 heteroatoms. The maximum Gasteiger partial charge on any atom is 0.165 e. The molecule has 0 saturated carbocycles. The average molecular weight is 188 g/mol. The minimum atomic E-state index is -0.352. The zero-order valence-corrected chi connectivity index (χ0v) is 8.58. The maximum absolute atomic E-state index is 8.83. The summed E-state index contributed by atoms with van der Waals surface area (Å²) in [4.78, 5) is 0. The van der Waals surface area contributed by atoms with E-state index in [2.05, 4.69) is 6.92 Å². The summed E-state index contributed by atoms with van der Waals surface area (Å²) in [5.41, 5.74) is 0. The molecule has 78 valence electrons. The van der Waals surface area contributed by atoms with Crippen molar-refractivity contribution in [3.05, 3.63) is 0 Å². The fraction of sp³-hybridized carbons (Fsp3) is 1.00. The van der Waals surface area contributed by atoms with Crippen molar-refractivity contribution in [2.45, 2.75) is 38.9 Å². The first-order valence-corrected chi connectivity index (χ1v) is 5.05. The predicted molar refractivity (Wildman–Crippen MR) is 50.4 cm³/mol. The SMILES string of the molecule is CC(CO)CCCC1(C)OCCO1. The summed E-state index contributed by atoms with van der Waals surface area (Å²) < 4.78 is 10.9. The van der Waals surface area contributed by atoms with E-state index in [0.29, 0.717) is 19.1 Å². The van der Waals surface area contributed by atoms with Gasteiger partial charge in [0.15, 0.2) is 5.79 Å². The Kier molecular flexibility index (Phi) is 4.16. The molecule has 0 bridgehead atoms. The van der Waals surface area contributed by atoms with Gasteiger partial charge in [0.05, 0.1) is 13.2 Å². The van der Waals surface area contributed by atoms with Gasteiger partial charge < -0.3 is 14.6 Å².